The minimum absolute atomic E-state index is 0.445. The molecule has 6 nitrogen and oxygen atoms in total. The minimum atomic E-state index is 0.445. The Bertz CT molecular complexity index is 1280. The summed E-state index contributed by atoms with van der Waals surface area (Å²) >= 11 is 9.22. The van der Waals surface area contributed by atoms with Crippen LogP contribution in [-0.4, -0.2) is 59.8 Å². The average Bonchev–Trinajstić information content (AvgIpc) is 2.89. The Morgan fingerprint density at radius 1 is 1.11 bits per heavy atom. The lowest BCUT2D eigenvalue weighted by molar-refractivity contribution is 0.0314. The molecule has 4 heterocycles. The molecule has 3 aromatic rings. The monoisotopic (exact) mass is 578 g/mol. The molecule has 2 N–H and O–H groups in total. The van der Waals surface area contributed by atoms with Crippen molar-refractivity contribution in [3.63, 3.8) is 0 Å². The van der Waals surface area contributed by atoms with Crippen molar-refractivity contribution in [2.24, 2.45) is 5.92 Å². The highest BCUT2D eigenvalue weighted by molar-refractivity contribution is 9.10. The van der Waals surface area contributed by atoms with Crippen LogP contribution in [-0.2, 0) is 0 Å². The third-order valence-corrected chi connectivity index (χ3v) is 8.57. The first-order valence-corrected chi connectivity index (χ1v) is 14.2. The number of benzene rings is 2. The Morgan fingerprint density at radius 3 is 2.57 bits per heavy atom. The standard InChI is InChI=1S/C29H35BrN6S/c1-18-5-10-26(25(30)13-18)34-29(37)31-16-23-14-21-11-12-36(23)17-24(21)28-15-27(32-19(2)33-28)20-6-8-22(9-7-20)35(3)4/h5-10,13,15,21,23-24H,11-12,14,16-17H2,1-4H3,(H2,31,34,37)/t21-,23+,24-/m0/s1. The number of aromatic nitrogens is 2. The molecule has 3 fully saturated rings. The van der Waals surface area contributed by atoms with Crippen LogP contribution >= 0.6 is 28.1 Å². The number of thiocarbonyl (C=S) groups is 1. The molecule has 1 unspecified atom stereocenters. The molecule has 0 amide bonds. The lowest BCUT2D eigenvalue weighted by Gasteiger charge is -2.49. The summed E-state index contributed by atoms with van der Waals surface area (Å²) < 4.78 is 1.02. The van der Waals surface area contributed by atoms with Crippen molar-refractivity contribution in [2.75, 3.05) is 43.9 Å². The van der Waals surface area contributed by atoms with E-state index in [0.29, 0.717) is 23.0 Å². The zero-order valence-electron chi connectivity index (χ0n) is 22.0. The molecule has 0 aliphatic carbocycles. The lowest BCUT2D eigenvalue weighted by Crippen LogP contribution is -2.56. The van der Waals surface area contributed by atoms with Crippen molar-refractivity contribution in [3.8, 4) is 11.3 Å². The largest absolute Gasteiger partial charge is 0.378 e. The number of hydrogen-bond acceptors (Lipinski definition) is 5. The summed E-state index contributed by atoms with van der Waals surface area (Å²) in [5.74, 6) is 1.92. The predicted octanol–water partition coefficient (Wildman–Crippen LogP) is 5.75. The fourth-order valence-electron chi connectivity index (χ4n) is 5.64. The fourth-order valence-corrected chi connectivity index (χ4v) is 6.43. The number of rotatable bonds is 6. The van der Waals surface area contributed by atoms with Gasteiger partial charge in [0.1, 0.15) is 5.82 Å². The van der Waals surface area contributed by atoms with Crippen LogP contribution in [0.2, 0.25) is 0 Å². The van der Waals surface area contributed by atoms with E-state index in [1.165, 1.54) is 23.4 Å². The molecular formula is C29H35BrN6S. The SMILES string of the molecule is Cc1ccc(NC(=S)NC[C@H]2C[C@@H]3CCN2C[C@@H]3c2cc(-c3ccc(N(C)C)cc3)nc(C)n2)c(Br)c1. The molecule has 6 rings (SSSR count). The Morgan fingerprint density at radius 2 is 1.89 bits per heavy atom. The van der Waals surface area contributed by atoms with E-state index < -0.39 is 0 Å². The van der Waals surface area contributed by atoms with Crippen LogP contribution in [0, 0.1) is 19.8 Å². The summed E-state index contributed by atoms with van der Waals surface area (Å²) in [5, 5.41) is 7.46. The highest BCUT2D eigenvalue weighted by Crippen LogP contribution is 2.41. The van der Waals surface area contributed by atoms with Gasteiger partial charge in [0, 0.05) is 60.6 Å². The van der Waals surface area contributed by atoms with Crippen LogP contribution in [0.4, 0.5) is 11.4 Å². The zero-order chi connectivity index (χ0) is 26.1. The summed E-state index contributed by atoms with van der Waals surface area (Å²) in [4.78, 5) is 14.4. The number of nitrogens with zero attached hydrogens (tertiary/aromatic N) is 4. The summed E-state index contributed by atoms with van der Waals surface area (Å²) in [6.07, 6.45) is 2.38. The van der Waals surface area contributed by atoms with E-state index in [9.17, 15) is 0 Å². The molecule has 3 aliphatic rings. The maximum absolute atomic E-state index is 5.60. The van der Waals surface area contributed by atoms with Gasteiger partial charge >= 0.3 is 0 Å². The van der Waals surface area contributed by atoms with Gasteiger partial charge in [0.2, 0.25) is 0 Å². The highest BCUT2D eigenvalue weighted by atomic mass is 79.9. The van der Waals surface area contributed by atoms with E-state index in [1.54, 1.807) is 0 Å². The zero-order valence-corrected chi connectivity index (χ0v) is 24.4. The van der Waals surface area contributed by atoms with Gasteiger partial charge in [0.05, 0.1) is 11.4 Å². The van der Waals surface area contributed by atoms with Crippen LogP contribution in [0.25, 0.3) is 11.3 Å². The van der Waals surface area contributed by atoms with E-state index in [0.717, 1.165) is 53.3 Å². The number of nitrogens with one attached hydrogen (secondary N) is 2. The van der Waals surface area contributed by atoms with Gasteiger partial charge in [-0.25, -0.2) is 9.97 Å². The smallest absolute Gasteiger partial charge is 0.170 e. The van der Waals surface area contributed by atoms with Gasteiger partial charge in [0.25, 0.3) is 0 Å². The molecule has 0 saturated carbocycles. The summed E-state index contributed by atoms with van der Waals surface area (Å²) in [5.41, 5.74) is 6.72. The molecule has 2 bridgehead atoms. The molecule has 4 atom stereocenters. The van der Waals surface area contributed by atoms with Gasteiger partial charge < -0.3 is 15.5 Å². The maximum atomic E-state index is 5.60. The van der Waals surface area contributed by atoms with Crippen molar-refractivity contribution in [1.29, 1.82) is 0 Å². The van der Waals surface area contributed by atoms with E-state index in [-0.39, 0.29) is 0 Å². The molecule has 3 saturated heterocycles. The second-order valence-electron chi connectivity index (χ2n) is 10.5. The summed E-state index contributed by atoms with van der Waals surface area (Å²) in [6.45, 7) is 7.12. The number of anilines is 2. The lowest BCUT2D eigenvalue weighted by atomic mass is 9.74. The van der Waals surface area contributed by atoms with Crippen molar-refractivity contribution >= 4 is 44.6 Å². The Labute approximate surface area is 234 Å². The summed E-state index contributed by atoms with van der Waals surface area (Å²) in [7, 11) is 4.12. The number of piperidine rings is 3. The molecule has 0 radical (unpaired) electrons. The van der Waals surface area contributed by atoms with Crippen LogP contribution in [0.3, 0.4) is 0 Å². The van der Waals surface area contributed by atoms with Gasteiger partial charge in [-0.2, -0.15) is 0 Å². The molecule has 0 spiro atoms. The maximum Gasteiger partial charge on any atom is 0.170 e. The van der Waals surface area contributed by atoms with Crippen LogP contribution in [0.15, 0.2) is 53.0 Å². The van der Waals surface area contributed by atoms with Crippen LogP contribution in [0.1, 0.15) is 35.8 Å². The van der Waals surface area contributed by atoms with E-state index in [1.807, 2.05) is 6.92 Å². The third kappa shape index (κ3) is 5.97. The number of fused-ring (bicyclic) bond motifs is 3. The first-order chi connectivity index (χ1) is 17.8. The van der Waals surface area contributed by atoms with Gasteiger partial charge in [-0.1, -0.05) is 18.2 Å². The molecule has 37 heavy (non-hydrogen) atoms. The second-order valence-corrected chi connectivity index (χ2v) is 11.8. The summed E-state index contributed by atoms with van der Waals surface area (Å²) in [6, 6.07) is 17.5. The Hall–Kier alpha value is -2.55. The third-order valence-electron chi connectivity index (χ3n) is 7.67. The topological polar surface area (TPSA) is 56.3 Å². The first kappa shape index (κ1) is 26.1. The van der Waals surface area contributed by atoms with Gasteiger partial charge in [-0.05, 0) is 103 Å². The van der Waals surface area contributed by atoms with Crippen molar-refractivity contribution in [3.05, 3.63) is 70.1 Å². The number of aryl methyl sites for hydroxylation is 2. The molecule has 194 valence electrons. The van der Waals surface area contributed by atoms with E-state index in [4.69, 9.17) is 22.2 Å². The first-order valence-electron chi connectivity index (χ1n) is 12.9. The average molecular weight is 580 g/mol. The number of halogens is 1. The Balaban J connectivity index is 1.23. The molecule has 8 heteroatoms. The molecule has 3 aliphatic heterocycles. The Kier molecular flexibility index (Phi) is 7.79. The second kappa shape index (κ2) is 11.1. The molecule has 2 aromatic carbocycles. The minimum Gasteiger partial charge on any atom is -0.378 e. The van der Waals surface area contributed by atoms with E-state index >= 15 is 0 Å². The van der Waals surface area contributed by atoms with Gasteiger partial charge in [0.15, 0.2) is 5.11 Å². The number of hydrogen-bond donors (Lipinski definition) is 2. The van der Waals surface area contributed by atoms with Gasteiger partial charge in [-0.3, -0.25) is 4.90 Å². The molecule has 1 aromatic heterocycles. The van der Waals surface area contributed by atoms with Crippen LogP contribution < -0.4 is 15.5 Å². The van der Waals surface area contributed by atoms with Crippen LogP contribution in [0.5, 0.6) is 0 Å². The predicted molar refractivity (Wildman–Crippen MR) is 160 cm³/mol. The van der Waals surface area contributed by atoms with Gasteiger partial charge in [-0.15, -0.1) is 0 Å². The quantitative estimate of drug-likeness (QED) is 0.361. The highest BCUT2D eigenvalue weighted by Gasteiger charge is 2.41. The normalized spacial score (nSPS) is 22.5. The van der Waals surface area contributed by atoms with Crippen molar-refractivity contribution < 1.29 is 0 Å². The molecular weight excluding hydrogens is 544 g/mol. The van der Waals surface area contributed by atoms with Crippen molar-refractivity contribution in [1.82, 2.24) is 20.2 Å². The fraction of sp³-hybridized carbons (Fsp3) is 0.414. The van der Waals surface area contributed by atoms with E-state index in [2.05, 4.69) is 106 Å². The van der Waals surface area contributed by atoms with Crippen molar-refractivity contribution in [2.45, 2.75) is 38.6 Å².